The standard InChI is InChI=1S/C14H18N4O3S/c1-12-2-4-13(5-3-12)22(20,21)18-10-8-17(9-11-18)14(19)16-7-6-15/h2-5H,7-11H2,1H3,(H,16,19). The lowest BCUT2D eigenvalue weighted by Gasteiger charge is -2.33. The molecule has 0 atom stereocenters. The number of benzene rings is 1. The number of carbonyl (C=O) groups is 1. The van der Waals surface area contributed by atoms with Gasteiger partial charge in [0.2, 0.25) is 10.0 Å². The van der Waals surface area contributed by atoms with Crippen LogP contribution in [-0.4, -0.2) is 56.4 Å². The van der Waals surface area contributed by atoms with Crippen molar-refractivity contribution in [1.29, 1.82) is 5.26 Å². The first-order valence-electron chi connectivity index (χ1n) is 6.91. The average molecular weight is 322 g/mol. The summed E-state index contributed by atoms with van der Waals surface area (Å²) in [7, 11) is -3.52. The molecular weight excluding hydrogens is 304 g/mol. The molecule has 1 aromatic carbocycles. The molecule has 0 bridgehead atoms. The number of sulfonamides is 1. The number of carbonyl (C=O) groups excluding carboxylic acids is 1. The lowest BCUT2D eigenvalue weighted by atomic mass is 10.2. The van der Waals surface area contributed by atoms with Crippen LogP contribution in [0.15, 0.2) is 29.2 Å². The summed E-state index contributed by atoms with van der Waals surface area (Å²) in [6.07, 6.45) is 0. The minimum Gasteiger partial charge on any atom is -0.325 e. The third-order valence-electron chi connectivity index (χ3n) is 3.50. The van der Waals surface area contributed by atoms with Crippen molar-refractivity contribution in [1.82, 2.24) is 14.5 Å². The number of hydrogen-bond donors (Lipinski definition) is 1. The summed E-state index contributed by atoms with van der Waals surface area (Å²) < 4.78 is 26.4. The lowest BCUT2D eigenvalue weighted by molar-refractivity contribution is 0.173. The van der Waals surface area contributed by atoms with Gasteiger partial charge < -0.3 is 10.2 Å². The van der Waals surface area contributed by atoms with Gasteiger partial charge in [-0.05, 0) is 19.1 Å². The van der Waals surface area contributed by atoms with Crippen molar-refractivity contribution < 1.29 is 13.2 Å². The van der Waals surface area contributed by atoms with Crippen LogP contribution in [0.4, 0.5) is 4.79 Å². The van der Waals surface area contributed by atoms with E-state index in [0.717, 1.165) is 5.56 Å². The quantitative estimate of drug-likeness (QED) is 0.822. The van der Waals surface area contributed by atoms with Gasteiger partial charge in [-0.15, -0.1) is 0 Å². The molecule has 1 heterocycles. The summed E-state index contributed by atoms with van der Waals surface area (Å²) in [6.45, 7) is 2.95. The van der Waals surface area contributed by atoms with Gasteiger partial charge in [-0.25, -0.2) is 13.2 Å². The van der Waals surface area contributed by atoms with Crippen LogP contribution in [0.2, 0.25) is 0 Å². The highest BCUT2D eigenvalue weighted by atomic mass is 32.2. The van der Waals surface area contributed by atoms with E-state index in [9.17, 15) is 13.2 Å². The Morgan fingerprint density at radius 1 is 1.23 bits per heavy atom. The van der Waals surface area contributed by atoms with E-state index in [0.29, 0.717) is 13.1 Å². The summed E-state index contributed by atoms with van der Waals surface area (Å²) in [5, 5.41) is 10.9. The predicted molar refractivity (Wildman–Crippen MR) is 80.5 cm³/mol. The van der Waals surface area contributed by atoms with Gasteiger partial charge in [0.25, 0.3) is 0 Å². The molecule has 0 aliphatic carbocycles. The van der Waals surface area contributed by atoms with Crippen molar-refractivity contribution >= 4 is 16.1 Å². The molecule has 1 N–H and O–H groups in total. The molecule has 0 unspecified atom stereocenters. The second kappa shape index (κ2) is 6.77. The van der Waals surface area contributed by atoms with Gasteiger partial charge in [0.1, 0.15) is 6.54 Å². The second-order valence-corrected chi connectivity index (χ2v) is 6.96. The van der Waals surface area contributed by atoms with Crippen LogP contribution in [-0.2, 0) is 10.0 Å². The molecule has 0 saturated carbocycles. The minimum absolute atomic E-state index is 0.0548. The van der Waals surface area contributed by atoms with Crippen molar-refractivity contribution in [3.05, 3.63) is 29.8 Å². The number of nitrogens with zero attached hydrogens (tertiary/aromatic N) is 3. The summed E-state index contributed by atoms with van der Waals surface area (Å²) in [5.74, 6) is 0. The van der Waals surface area contributed by atoms with E-state index in [1.165, 1.54) is 9.21 Å². The highest BCUT2D eigenvalue weighted by Gasteiger charge is 2.29. The summed E-state index contributed by atoms with van der Waals surface area (Å²) in [6, 6.07) is 8.21. The highest BCUT2D eigenvalue weighted by molar-refractivity contribution is 7.89. The largest absolute Gasteiger partial charge is 0.325 e. The van der Waals surface area contributed by atoms with Gasteiger partial charge in [-0.1, -0.05) is 17.7 Å². The Morgan fingerprint density at radius 3 is 2.36 bits per heavy atom. The fourth-order valence-corrected chi connectivity index (χ4v) is 3.64. The average Bonchev–Trinajstić information content (AvgIpc) is 2.53. The van der Waals surface area contributed by atoms with Crippen LogP contribution in [0.1, 0.15) is 5.56 Å². The maximum absolute atomic E-state index is 12.5. The van der Waals surface area contributed by atoms with Crippen molar-refractivity contribution in [2.75, 3.05) is 32.7 Å². The Morgan fingerprint density at radius 2 is 1.82 bits per heavy atom. The van der Waals surface area contributed by atoms with E-state index in [1.54, 1.807) is 24.3 Å². The zero-order chi connectivity index (χ0) is 16.2. The molecule has 1 aliphatic heterocycles. The third-order valence-corrected chi connectivity index (χ3v) is 5.42. The van der Waals surface area contributed by atoms with Gasteiger partial charge in [0.05, 0.1) is 11.0 Å². The number of aryl methyl sites for hydroxylation is 1. The molecule has 0 radical (unpaired) electrons. The number of rotatable bonds is 3. The van der Waals surface area contributed by atoms with Gasteiger partial charge >= 0.3 is 6.03 Å². The molecule has 2 amide bonds. The zero-order valence-corrected chi connectivity index (χ0v) is 13.1. The molecule has 1 fully saturated rings. The first kappa shape index (κ1) is 16.3. The predicted octanol–water partition coefficient (Wildman–Crippen LogP) is 0.534. The Hall–Kier alpha value is -2.11. The molecular formula is C14H18N4O3S. The van der Waals surface area contributed by atoms with Crippen molar-refractivity contribution in [3.8, 4) is 6.07 Å². The molecule has 1 saturated heterocycles. The van der Waals surface area contributed by atoms with Gasteiger partial charge in [0, 0.05) is 26.2 Å². The van der Waals surface area contributed by atoms with Crippen molar-refractivity contribution in [2.24, 2.45) is 0 Å². The zero-order valence-electron chi connectivity index (χ0n) is 12.3. The molecule has 2 rings (SSSR count). The smallest absolute Gasteiger partial charge is 0.318 e. The Bertz CT molecular complexity index is 671. The van der Waals surface area contributed by atoms with E-state index < -0.39 is 10.0 Å². The number of piperazine rings is 1. The van der Waals surface area contributed by atoms with Crippen LogP contribution in [0.5, 0.6) is 0 Å². The molecule has 1 aromatic rings. The lowest BCUT2D eigenvalue weighted by Crippen LogP contribution is -2.53. The number of nitrogens with one attached hydrogen (secondary N) is 1. The monoisotopic (exact) mass is 322 g/mol. The Kier molecular flexibility index (Phi) is 5.00. The molecule has 1 aliphatic rings. The minimum atomic E-state index is -3.52. The van der Waals surface area contributed by atoms with Crippen LogP contribution >= 0.6 is 0 Å². The number of nitriles is 1. The van der Waals surface area contributed by atoms with Crippen LogP contribution < -0.4 is 5.32 Å². The van der Waals surface area contributed by atoms with E-state index >= 15 is 0 Å². The molecule has 8 heteroatoms. The summed E-state index contributed by atoms with van der Waals surface area (Å²) in [5.41, 5.74) is 0.998. The normalized spacial score (nSPS) is 16.1. The number of hydrogen-bond acceptors (Lipinski definition) is 4. The SMILES string of the molecule is Cc1ccc(S(=O)(=O)N2CCN(C(=O)NCC#N)CC2)cc1. The third kappa shape index (κ3) is 3.55. The molecule has 118 valence electrons. The number of amides is 2. The van der Waals surface area contributed by atoms with Crippen LogP contribution in [0.25, 0.3) is 0 Å². The van der Waals surface area contributed by atoms with E-state index in [-0.39, 0.29) is 30.6 Å². The van der Waals surface area contributed by atoms with Gasteiger partial charge in [-0.2, -0.15) is 9.57 Å². The molecule has 0 aromatic heterocycles. The maximum Gasteiger partial charge on any atom is 0.318 e. The number of urea groups is 1. The van der Waals surface area contributed by atoms with Crippen LogP contribution in [0, 0.1) is 18.3 Å². The first-order chi connectivity index (χ1) is 10.4. The fraction of sp³-hybridized carbons (Fsp3) is 0.429. The topological polar surface area (TPSA) is 93.5 Å². The summed E-state index contributed by atoms with van der Waals surface area (Å²) >= 11 is 0. The Balaban J connectivity index is 2.00. The first-order valence-corrected chi connectivity index (χ1v) is 8.35. The second-order valence-electron chi connectivity index (χ2n) is 5.02. The van der Waals surface area contributed by atoms with E-state index in [4.69, 9.17) is 5.26 Å². The van der Waals surface area contributed by atoms with Crippen molar-refractivity contribution in [3.63, 3.8) is 0 Å². The fourth-order valence-electron chi connectivity index (χ4n) is 2.22. The molecule has 0 spiro atoms. The summed E-state index contributed by atoms with van der Waals surface area (Å²) in [4.78, 5) is 13.5. The molecule has 22 heavy (non-hydrogen) atoms. The van der Waals surface area contributed by atoms with Crippen LogP contribution in [0.3, 0.4) is 0 Å². The van der Waals surface area contributed by atoms with E-state index in [2.05, 4.69) is 5.32 Å². The van der Waals surface area contributed by atoms with Gasteiger partial charge in [0.15, 0.2) is 0 Å². The van der Waals surface area contributed by atoms with Crippen molar-refractivity contribution in [2.45, 2.75) is 11.8 Å². The van der Waals surface area contributed by atoms with E-state index in [1.807, 2.05) is 13.0 Å². The highest BCUT2D eigenvalue weighted by Crippen LogP contribution is 2.18. The Labute approximate surface area is 130 Å². The molecule has 7 nitrogen and oxygen atoms in total. The van der Waals surface area contributed by atoms with Gasteiger partial charge in [-0.3, -0.25) is 0 Å². The maximum atomic E-state index is 12.5.